The van der Waals surface area contributed by atoms with Crippen LogP contribution in [0.15, 0.2) is 28.7 Å². The van der Waals surface area contributed by atoms with Crippen molar-refractivity contribution in [2.45, 2.75) is 32.2 Å². The van der Waals surface area contributed by atoms with Crippen LogP contribution in [0.1, 0.15) is 35.0 Å². The fraction of sp³-hybridized carbons (Fsp3) is 0.333. The molecule has 0 spiro atoms. The van der Waals surface area contributed by atoms with Gasteiger partial charge in [-0.1, -0.05) is 22.0 Å². The number of H-pyrrole nitrogens is 1. The molecule has 0 saturated heterocycles. The van der Waals surface area contributed by atoms with Crippen LogP contribution in [-0.4, -0.2) is 16.1 Å². The summed E-state index contributed by atoms with van der Waals surface area (Å²) in [7, 11) is 0. The smallest absolute Gasteiger partial charge is 0.226 e. The minimum atomic E-state index is 0.0252. The molecule has 3 rings (SSSR count). The number of halogens is 1. The van der Waals surface area contributed by atoms with Crippen LogP contribution >= 0.6 is 15.9 Å². The molecule has 0 aliphatic heterocycles. The van der Waals surface area contributed by atoms with Gasteiger partial charge in [0.2, 0.25) is 5.91 Å². The summed E-state index contributed by atoms with van der Waals surface area (Å²) in [5, 5.41) is 10.1. The van der Waals surface area contributed by atoms with Crippen molar-refractivity contribution in [3.8, 4) is 0 Å². The van der Waals surface area contributed by atoms with E-state index in [2.05, 4.69) is 43.6 Å². The lowest BCUT2D eigenvalue weighted by Gasteiger charge is -2.13. The number of aromatic nitrogens is 2. The second kappa shape index (κ2) is 5.40. The van der Waals surface area contributed by atoms with Gasteiger partial charge in [-0.15, -0.1) is 0 Å². The van der Waals surface area contributed by atoms with Crippen LogP contribution in [0.3, 0.4) is 0 Å². The topological polar surface area (TPSA) is 57.8 Å². The van der Waals surface area contributed by atoms with E-state index in [-0.39, 0.29) is 11.9 Å². The summed E-state index contributed by atoms with van der Waals surface area (Å²) in [5.74, 6) is 0.0252. The summed E-state index contributed by atoms with van der Waals surface area (Å²) in [5.41, 5.74) is 4.32. The maximum atomic E-state index is 12.1. The molecule has 2 aromatic rings. The number of hydrogen-bond donors (Lipinski definition) is 2. The van der Waals surface area contributed by atoms with E-state index in [1.807, 2.05) is 19.1 Å². The number of benzene rings is 1. The minimum Gasteiger partial charge on any atom is -0.349 e. The Morgan fingerprint density at radius 2 is 2.35 bits per heavy atom. The number of fused-ring (bicyclic) bond motifs is 1. The third kappa shape index (κ3) is 2.77. The van der Waals surface area contributed by atoms with Gasteiger partial charge >= 0.3 is 0 Å². The molecular formula is C15H16BrN3O. The number of carbonyl (C=O) groups excluding carboxylic acids is 1. The zero-order valence-electron chi connectivity index (χ0n) is 11.2. The molecule has 1 aromatic carbocycles. The van der Waals surface area contributed by atoms with Crippen LogP contribution < -0.4 is 5.32 Å². The molecule has 1 atom stereocenters. The van der Waals surface area contributed by atoms with Crippen molar-refractivity contribution in [3.63, 3.8) is 0 Å². The Morgan fingerprint density at radius 1 is 1.50 bits per heavy atom. The Labute approximate surface area is 126 Å². The molecule has 1 aromatic heterocycles. The molecule has 0 radical (unpaired) electrons. The van der Waals surface area contributed by atoms with Crippen LogP contribution in [0.25, 0.3) is 0 Å². The van der Waals surface area contributed by atoms with Crippen molar-refractivity contribution in [2.24, 2.45) is 0 Å². The molecule has 4 nitrogen and oxygen atoms in total. The van der Waals surface area contributed by atoms with E-state index in [4.69, 9.17) is 0 Å². The zero-order valence-corrected chi connectivity index (χ0v) is 12.8. The number of carbonyl (C=O) groups is 1. The average Bonchev–Trinajstić information content (AvgIpc) is 2.96. The molecule has 1 aliphatic rings. The van der Waals surface area contributed by atoms with Crippen LogP contribution in [-0.2, 0) is 17.6 Å². The average molecular weight is 334 g/mol. The van der Waals surface area contributed by atoms with E-state index < -0.39 is 0 Å². The van der Waals surface area contributed by atoms with Crippen LogP contribution in [0.2, 0.25) is 0 Å². The summed E-state index contributed by atoms with van der Waals surface area (Å²) >= 11 is 3.48. The predicted molar refractivity (Wildman–Crippen MR) is 80.4 cm³/mol. The largest absolute Gasteiger partial charge is 0.349 e. The molecular weight excluding hydrogens is 318 g/mol. The molecule has 1 amide bonds. The fourth-order valence-corrected chi connectivity index (χ4v) is 3.12. The molecule has 1 unspecified atom stereocenters. The Morgan fingerprint density at radius 3 is 3.10 bits per heavy atom. The first kappa shape index (κ1) is 13.4. The Bertz CT molecular complexity index is 650. The molecule has 0 fully saturated rings. The highest BCUT2D eigenvalue weighted by molar-refractivity contribution is 9.10. The monoisotopic (exact) mass is 333 g/mol. The summed E-state index contributed by atoms with van der Waals surface area (Å²) in [6, 6.07) is 8.29. The number of aryl methyl sites for hydroxylation is 2. The van der Waals surface area contributed by atoms with Gasteiger partial charge in [-0.05, 0) is 49.1 Å². The highest BCUT2D eigenvalue weighted by Gasteiger charge is 2.24. The van der Waals surface area contributed by atoms with Crippen LogP contribution in [0.4, 0.5) is 0 Å². The van der Waals surface area contributed by atoms with Crippen molar-refractivity contribution >= 4 is 21.8 Å². The number of rotatable bonds is 3. The number of nitrogens with zero attached hydrogens (tertiary/aromatic N) is 1. The first-order valence-electron chi connectivity index (χ1n) is 6.70. The van der Waals surface area contributed by atoms with Gasteiger partial charge in [-0.3, -0.25) is 9.89 Å². The minimum absolute atomic E-state index is 0.0252. The summed E-state index contributed by atoms with van der Waals surface area (Å²) < 4.78 is 1.09. The zero-order chi connectivity index (χ0) is 14.1. The van der Waals surface area contributed by atoms with E-state index in [0.717, 1.165) is 28.7 Å². The lowest BCUT2D eigenvalue weighted by Crippen LogP contribution is -2.28. The van der Waals surface area contributed by atoms with Crippen molar-refractivity contribution in [1.29, 1.82) is 0 Å². The van der Waals surface area contributed by atoms with Gasteiger partial charge in [0, 0.05) is 10.2 Å². The van der Waals surface area contributed by atoms with Gasteiger partial charge in [0.05, 0.1) is 18.2 Å². The number of hydrogen-bond acceptors (Lipinski definition) is 2. The van der Waals surface area contributed by atoms with E-state index in [0.29, 0.717) is 6.42 Å². The highest BCUT2D eigenvalue weighted by atomic mass is 79.9. The molecule has 20 heavy (non-hydrogen) atoms. The maximum Gasteiger partial charge on any atom is 0.226 e. The summed E-state index contributed by atoms with van der Waals surface area (Å²) in [6.45, 7) is 1.93. The van der Waals surface area contributed by atoms with Gasteiger partial charge in [-0.2, -0.15) is 5.10 Å². The van der Waals surface area contributed by atoms with Gasteiger partial charge < -0.3 is 5.32 Å². The molecule has 0 bridgehead atoms. The SMILES string of the molecule is Cc1cc(CC(=O)NC2CCc3cc(Br)ccc32)n[nH]1. The van der Waals surface area contributed by atoms with Crippen molar-refractivity contribution in [3.05, 3.63) is 51.3 Å². The third-order valence-corrected chi connectivity index (χ3v) is 4.11. The van der Waals surface area contributed by atoms with Crippen LogP contribution in [0, 0.1) is 6.92 Å². The Hall–Kier alpha value is -1.62. The van der Waals surface area contributed by atoms with E-state index >= 15 is 0 Å². The summed E-state index contributed by atoms with van der Waals surface area (Å²) in [4.78, 5) is 12.1. The number of amides is 1. The maximum absolute atomic E-state index is 12.1. The summed E-state index contributed by atoms with van der Waals surface area (Å²) in [6.07, 6.45) is 2.31. The second-order valence-electron chi connectivity index (χ2n) is 5.22. The number of aromatic amines is 1. The van der Waals surface area contributed by atoms with Crippen LogP contribution in [0.5, 0.6) is 0 Å². The first-order chi connectivity index (χ1) is 9.61. The van der Waals surface area contributed by atoms with E-state index in [1.165, 1.54) is 11.1 Å². The van der Waals surface area contributed by atoms with Gasteiger partial charge in [0.1, 0.15) is 0 Å². The van der Waals surface area contributed by atoms with E-state index in [1.54, 1.807) is 0 Å². The Kier molecular flexibility index (Phi) is 3.61. The van der Waals surface area contributed by atoms with Crippen molar-refractivity contribution in [2.75, 3.05) is 0 Å². The second-order valence-corrected chi connectivity index (χ2v) is 6.14. The highest BCUT2D eigenvalue weighted by Crippen LogP contribution is 2.32. The molecule has 1 aliphatic carbocycles. The van der Waals surface area contributed by atoms with Gasteiger partial charge in [0.25, 0.3) is 0 Å². The Balaban J connectivity index is 1.66. The van der Waals surface area contributed by atoms with Crippen molar-refractivity contribution < 1.29 is 4.79 Å². The molecule has 2 N–H and O–H groups in total. The standard InChI is InChI=1S/C15H16BrN3O/c1-9-6-12(19-18-9)8-15(20)17-14-5-2-10-7-11(16)3-4-13(10)14/h3-4,6-7,14H,2,5,8H2,1H3,(H,17,20)(H,18,19). The lowest BCUT2D eigenvalue weighted by molar-refractivity contribution is -0.121. The van der Waals surface area contributed by atoms with Crippen molar-refractivity contribution in [1.82, 2.24) is 15.5 Å². The molecule has 1 heterocycles. The van der Waals surface area contributed by atoms with Gasteiger partial charge in [-0.25, -0.2) is 0 Å². The third-order valence-electron chi connectivity index (χ3n) is 3.62. The lowest BCUT2D eigenvalue weighted by atomic mass is 10.1. The first-order valence-corrected chi connectivity index (χ1v) is 7.49. The number of nitrogens with one attached hydrogen (secondary N) is 2. The predicted octanol–water partition coefficient (Wildman–Crippen LogP) is 2.83. The fourth-order valence-electron chi connectivity index (χ4n) is 2.71. The quantitative estimate of drug-likeness (QED) is 0.907. The van der Waals surface area contributed by atoms with Gasteiger partial charge in [0.15, 0.2) is 0 Å². The molecule has 5 heteroatoms. The molecule has 104 valence electrons. The van der Waals surface area contributed by atoms with E-state index in [9.17, 15) is 4.79 Å². The normalized spacial score (nSPS) is 17.0. The molecule has 0 saturated carbocycles.